The Morgan fingerprint density at radius 3 is 1.81 bits per heavy atom. The maximum absolute atomic E-state index is 8.85. The first kappa shape index (κ1) is 20.9. The number of unbranched alkanes of at least 4 members (excludes halogenated alkanes) is 9. The number of hydrogen-bond donors (Lipinski definition) is 1. The number of hydrogen-bond acceptors (Lipinski definition) is 2. The lowest BCUT2D eigenvalue weighted by molar-refractivity contribution is -0.909. The first-order chi connectivity index (χ1) is 10.1. The number of rotatable bonds is 16. The highest BCUT2D eigenvalue weighted by Gasteiger charge is 2.13. The van der Waals surface area contributed by atoms with E-state index in [2.05, 4.69) is 21.0 Å². The van der Waals surface area contributed by atoms with Crippen LogP contribution in [0.15, 0.2) is 0 Å². The minimum absolute atomic E-state index is 0.278. The average Bonchev–Trinajstić information content (AvgIpc) is 2.46. The Morgan fingerprint density at radius 1 is 0.762 bits per heavy atom. The van der Waals surface area contributed by atoms with Gasteiger partial charge in [0, 0.05) is 13.0 Å². The molecule has 128 valence electrons. The second-order valence-corrected chi connectivity index (χ2v) is 6.96. The summed E-state index contributed by atoms with van der Waals surface area (Å²) in [4.78, 5) is 0. The first-order valence-corrected chi connectivity index (χ1v) is 9.13. The number of aliphatic hydroxyl groups excluding tert-OH is 1. The summed E-state index contributed by atoms with van der Waals surface area (Å²) in [6.45, 7) is 5.18. The zero-order valence-corrected chi connectivity index (χ0v) is 14.9. The van der Waals surface area contributed by atoms with Crippen molar-refractivity contribution in [2.75, 3.05) is 40.6 Å². The van der Waals surface area contributed by atoms with E-state index in [0.29, 0.717) is 0 Å². The van der Waals surface area contributed by atoms with E-state index >= 15 is 0 Å². The molecule has 0 amide bonds. The highest BCUT2D eigenvalue weighted by molar-refractivity contribution is 4.47. The molecule has 0 heterocycles. The van der Waals surface area contributed by atoms with Crippen molar-refractivity contribution in [2.24, 2.45) is 0 Å². The maximum atomic E-state index is 8.85. The van der Waals surface area contributed by atoms with Crippen LogP contribution in [0, 0.1) is 0 Å². The third kappa shape index (κ3) is 16.1. The van der Waals surface area contributed by atoms with Gasteiger partial charge in [0.2, 0.25) is 0 Å². The fraction of sp³-hybridized carbons (Fsp3) is 1.00. The summed E-state index contributed by atoms with van der Waals surface area (Å²) in [5, 5.41) is 8.85. The van der Waals surface area contributed by atoms with Crippen LogP contribution in [-0.2, 0) is 4.74 Å². The lowest BCUT2D eigenvalue weighted by Gasteiger charge is -2.28. The molecule has 0 aromatic rings. The zero-order chi connectivity index (χ0) is 15.8. The zero-order valence-electron chi connectivity index (χ0n) is 14.9. The summed E-state index contributed by atoms with van der Waals surface area (Å²) < 4.78 is 6.60. The van der Waals surface area contributed by atoms with Crippen LogP contribution in [0.25, 0.3) is 0 Å². The summed E-state index contributed by atoms with van der Waals surface area (Å²) in [6, 6.07) is 0. The summed E-state index contributed by atoms with van der Waals surface area (Å²) in [7, 11) is 4.32. The van der Waals surface area contributed by atoms with Gasteiger partial charge < -0.3 is 14.3 Å². The van der Waals surface area contributed by atoms with Crippen LogP contribution >= 0.6 is 0 Å². The molecule has 0 spiro atoms. The molecule has 0 aliphatic rings. The van der Waals surface area contributed by atoms with E-state index in [-0.39, 0.29) is 6.61 Å². The maximum Gasteiger partial charge on any atom is 0.182 e. The largest absolute Gasteiger partial charge is 0.396 e. The third-order valence-corrected chi connectivity index (χ3v) is 4.00. The highest BCUT2D eigenvalue weighted by atomic mass is 16.5. The van der Waals surface area contributed by atoms with Gasteiger partial charge in [0.25, 0.3) is 0 Å². The molecule has 0 bridgehead atoms. The van der Waals surface area contributed by atoms with Gasteiger partial charge in [0.05, 0.1) is 27.2 Å². The number of quaternary nitrogens is 1. The van der Waals surface area contributed by atoms with Gasteiger partial charge in [-0.25, -0.2) is 0 Å². The molecule has 0 saturated carbocycles. The van der Waals surface area contributed by atoms with Crippen molar-refractivity contribution in [1.29, 1.82) is 0 Å². The van der Waals surface area contributed by atoms with Gasteiger partial charge in [-0.2, -0.15) is 0 Å². The van der Waals surface area contributed by atoms with Crippen molar-refractivity contribution in [3.8, 4) is 0 Å². The second kappa shape index (κ2) is 14.8. The van der Waals surface area contributed by atoms with Crippen molar-refractivity contribution in [3.63, 3.8) is 0 Å². The van der Waals surface area contributed by atoms with Crippen molar-refractivity contribution in [1.82, 2.24) is 0 Å². The summed E-state index contributed by atoms with van der Waals surface area (Å²) >= 11 is 0. The molecular formula is C18H40NO2+. The lowest BCUT2D eigenvalue weighted by Crippen LogP contribution is -2.42. The van der Waals surface area contributed by atoms with E-state index < -0.39 is 0 Å². The van der Waals surface area contributed by atoms with E-state index in [1.54, 1.807) is 0 Å². The SMILES string of the molecule is CCCCCCCCCCCCOC[N+](C)(C)CCCO. The lowest BCUT2D eigenvalue weighted by atomic mass is 10.1. The molecule has 0 radical (unpaired) electrons. The van der Waals surface area contributed by atoms with Crippen molar-refractivity contribution >= 4 is 0 Å². The molecular weight excluding hydrogens is 262 g/mol. The summed E-state index contributed by atoms with van der Waals surface area (Å²) in [6.07, 6.45) is 14.5. The van der Waals surface area contributed by atoms with Crippen molar-refractivity contribution in [2.45, 2.75) is 77.6 Å². The molecule has 0 aromatic carbocycles. The van der Waals surface area contributed by atoms with Crippen LogP contribution in [0.3, 0.4) is 0 Å². The van der Waals surface area contributed by atoms with Gasteiger partial charge in [0.1, 0.15) is 0 Å². The molecule has 0 unspecified atom stereocenters. The first-order valence-electron chi connectivity index (χ1n) is 9.13. The molecule has 21 heavy (non-hydrogen) atoms. The Kier molecular flexibility index (Phi) is 14.7. The third-order valence-electron chi connectivity index (χ3n) is 4.00. The van der Waals surface area contributed by atoms with E-state index in [1.807, 2.05) is 0 Å². The van der Waals surface area contributed by atoms with E-state index in [4.69, 9.17) is 9.84 Å². The van der Waals surface area contributed by atoms with Crippen LogP contribution in [0.4, 0.5) is 0 Å². The predicted octanol–water partition coefficient (Wildman–Crippen LogP) is 4.34. The van der Waals surface area contributed by atoms with Gasteiger partial charge in [-0.15, -0.1) is 0 Å². The molecule has 0 saturated heterocycles. The minimum Gasteiger partial charge on any atom is -0.396 e. The van der Waals surface area contributed by atoms with Crippen molar-refractivity contribution in [3.05, 3.63) is 0 Å². The molecule has 0 fully saturated rings. The standard InChI is InChI=1S/C18H40NO2/c1-4-5-6-7-8-9-10-11-12-13-17-21-18-19(2,3)15-14-16-20/h20H,4-18H2,1-3H3/q+1. The van der Waals surface area contributed by atoms with Crippen LogP contribution in [-0.4, -0.2) is 50.2 Å². The van der Waals surface area contributed by atoms with E-state index in [0.717, 1.165) is 30.8 Å². The normalized spacial score (nSPS) is 12.0. The monoisotopic (exact) mass is 302 g/mol. The molecule has 0 atom stereocenters. The van der Waals surface area contributed by atoms with E-state index in [9.17, 15) is 0 Å². The van der Waals surface area contributed by atoms with Crippen LogP contribution < -0.4 is 0 Å². The predicted molar refractivity (Wildman–Crippen MR) is 91.3 cm³/mol. The van der Waals surface area contributed by atoms with Crippen LogP contribution in [0.1, 0.15) is 77.6 Å². The number of aliphatic hydroxyl groups is 1. The fourth-order valence-corrected chi connectivity index (χ4v) is 2.57. The van der Waals surface area contributed by atoms with Gasteiger partial charge in [-0.1, -0.05) is 64.7 Å². The van der Waals surface area contributed by atoms with Gasteiger partial charge in [-0.05, 0) is 6.42 Å². The Balaban J connectivity index is 3.18. The molecule has 0 rings (SSSR count). The Bertz CT molecular complexity index is 207. The molecule has 3 nitrogen and oxygen atoms in total. The molecule has 3 heteroatoms. The average molecular weight is 303 g/mol. The highest BCUT2D eigenvalue weighted by Crippen LogP contribution is 2.10. The molecule has 0 aliphatic carbocycles. The Hall–Kier alpha value is -0.120. The van der Waals surface area contributed by atoms with Crippen LogP contribution in [0.2, 0.25) is 0 Å². The van der Waals surface area contributed by atoms with Crippen LogP contribution in [0.5, 0.6) is 0 Å². The minimum atomic E-state index is 0.278. The topological polar surface area (TPSA) is 29.5 Å². The fourth-order valence-electron chi connectivity index (χ4n) is 2.57. The smallest absolute Gasteiger partial charge is 0.182 e. The number of nitrogens with zero attached hydrogens (tertiary/aromatic N) is 1. The molecule has 0 aliphatic heterocycles. The summed E-state index contributed by atoms with van der Waals surface area (Å²) in [5.41, 5.74) is 0. The Morgan fingerprint density at radius 2 is 1.29 bits per heavy atom. The quantitative estimate of drug-likeness (QED) is 0.261. The summed E-state index contributed by atoms with van der Waals surface area (Å²) in [5.74, 6) is 0. The van der Waals surface area contributed by atoms with Gasteiger partial charge in [-0.3, -0.25) is 0 Å². The molecule has 1 N–H and O–H groups in total. The Labute approximate surface area is 133 Å². The van der Waals surface area contributed by atoms with Crippen molar-refractivity contribution < 1.29 is 14.3 Å². The molecule has 0 aromatic heterocycles. The number of ether oxygens (including phenoxy) is 1. The second-order valence-electron chi connectivity index (χ2n) is 6.96. The van der Waals surface area contributed by atoms with E-state index in [1.165, 1.54) is 64.2 Å². The van der Waals surface area contributed by atoms with Gasteiger partial charge in [0.15, 0.2) is 6.73 Å². The van der Waals surface area contributed by atoms with Gasteiger partial charge >= 0.3 is 0 Å².